The van der Waals surface area contributed by atoms with Gasteiger partial charge in [0.05, 0.1) is 20.8 Å². The first-order chi connectivity index (χ1) is 12.2. The molecule has 0 bridgehead atoms. The summed E-state index contributed by atoms with van der Waals surface area (Å²) in [6.45, 7) is 0.0136. The van der Waals surface area contributed by atoms with Gasteiger partial charge in [-0.25, -0.2) is 4.98 Å². The number of ether oxygens (including phenoxy) is 2. The molecule has 0 unspecified atom stereocenters. The van der Waals surface area contributed by atoms with Gasteiger partial charge in [0.15, 0.2) is 11.5 Å². The maximum atomic E-state index is 9.18. The molecule has 5 nitrogen and oxygen atoms in total. The Hall–Kier alpha value is -3.05. The second-order valence-corrected chi connectivity index (χ2v) is 5.58. The first-order valence-corrected chi connectivity index (χ1v) is 7.84. The molecule has 0 radical (unpaired) electrons. The highest BCUT2D eigenvalue weighted by Crippen LogP contribution is 2.34. The van der Waals surface area contributed by atoms with Crippen molar-refractivity contribution in [1.82, 2.24) is 4.98 Å². The summed E-state index contributed by atoms with van der Waals surface area (Å²) >= 11 is 0. The number of pyridine rings is 1. The average molecular weight is 336 g/mol. The predicted molar refractivity (Wildman–Crippen MR) is 98.5 cm³/mol. The van der Waals surface area contributed by atoms with Gasteiger partial charge in [0.2, 0.25) is 0 Å². The van der Waals surface area contributed by atoms with Crippen LogP contribution in [-0.2, 0) is 6.61 Å². The van der Waals surface area contributed by atoms with E-state index in [-0.39, 0.29) is 6.61 Å². The van der Waals surface area contributed by atoms with Gasteiger partial charge in [-0.15, -0.1) is 0 Å². The van der Waals surface area contributed by atoms with E-state index in [1.807, 2.05) is 48.5 Å². The molecule has 1 aromatic heterocycles. The Morgan fingerprint density at radius 2 is 1.56 bits per heavy atom. The molecule has 3 rings (SSSR count). The smallest absolute Gasteiger partial charge is 0.161 e. The van der Waals surface area contributed by atoms with Crippen molar-refractivity contribution in [1.29, 1.82) is 0 Å². The van der Waals surface area contributed by atoms with E-state index in [0.717, 1.165) is 27.8 Å². The number of hydrogen-bond acceptors (Lipinski definition) is 5. The zero-order chi connectivity index (χ0) is 17.8. The molecule has 2 aromatic carbocycles. The lowest BCUT2D eigenvalue weighted by atomic mass is 10.00. The van der Waals surface area contributed by atoms with Crippen LogP contribution in [0.3, 0.4) is 0 Å². The summed E-state index contributed by atoms with van der Waals surface area (Å²) in [7, 11) is 3.22. The van der Waals surface area contributed by atoms with Gasteiger partial charge >= 0.3 is 0 Å². The second-order valence-electron chi connectivity index (χ2n) is 5.58. The zero-order valence-electron chi connectivity index (χ0n) is 14.2. The number of aliphatic hydroxyl groups excluding tert-OH is 1. The Kier molecular flexibility index (Phi) is 4.86. The number of nitrogen functional groups attached to an aromatic ring is 1. The molecule has 0 saturated carbocycles. The summed E-state index contributed by atoms with van der Waals surface area (Å²) < 4.78 is 10.6. The number of rotatable bonds is 5. The standard InChI is InChI=1S/C20H20N2O3/c1-24-18-8-7-15(10-19(18)25-2)16-9-17(20(21)22-11-16)14-5-3-13(12-23)4-6-14/h3-11,23H,12H2,1-2H3,(H2,21,22). The van der Waals surface area contributed by atoms with Gasteiger partial charge in [-0.1, -0.05) is 30.3 Å². The van der Waals surface area contributed by atoms with Crippen molar-refractivity contribution in [2.45, 2.75) is 6.61 Å². The Balaban J connectivity index is 2.04. The Bertz CT molecular complexity index is 877. The molecule has 3 aromatic rings. The summed E-state index contributed by atoms with van der Waals surface area (Å²) in [5.74, 6) is 1.79. The van der Waals surface area contributed by atoms with Crippen LogP contribution in [0.4, 0.5) is 5.82 Å². The number of methoxy groups -OCH3 is 2. The molecular weight excluding hydrogens is 316 g/mol. The van der Waals surface area contributed by atoms with Gasteiger partial charge in [0.1, 0.15) is 5.82 Å². The monoisotopic (exact) mass is 336 g/mol. The van der Waals surface area contributed by atoms with Crippen LogP contribution in [-0.4, -0.2) is 24.3 Å². The van der Waals surface area contributed by atoms with Crippen LogP contribution in [0.2, 0.25) is 0 Å². The molecule has 0 aliphatic heterocycles. The summed E-state index contributed by atoms with van der Waals surface area (Å²) in [6, 6.07) is 15.3. The molecule has 3 N–H and O–H groups in total. The normalized spacial score (nSPS) is 10.5. The molecule has 0 atom stereocenters. The van der Waals surface area contributed by atoms with Crippen LogP contribution in [0.1, 0.15) is 5.56 Å². The molecule has 0 saturated heterocycles. The van der Waals surface area contributed by atoms with Crippen molar-refractivity contribution >= 4 is 5.82 Å². The van der Waals surface area contributed by atoms with Crippen LogP contribution in [0, 0.1) is 0 Å². The van der Waals surface area contributed by atoms with Crippen LogP contribution in [0.15, 0.2) is 54.7 Å². The fourth-order valence-corrected chi connectivity index (χ4v) is 2.67. The third-order valence-corrected chi connectivity index (χ3v) is 4.08. The Morgan fingerprint density at radius 1 is 0.880 bits per heavy atom. The molecule has 1 heterocycles. The second kappa shape index (κ2) is 7.23. The SMILES string of the molecule is COc1ccc(-c2cnc(N)c(-c3ccc(CO)cc3)c2)cc1OC. The van der Waals surface area contributed by atoms with Gasteiger partial charge in [0.25, 0.3) is 0 Å². The minimum absolute atomic E-state index is 0.0136. The molecule has 128 valence electrons. The van der Waals surface area contributed by atoms with Gasteiger partial charge < -0.3 is 20.3 Å². The lowest BCUT2D eigenvalue weighted by molar-refractivity contribution is 0.282. The van der Waals surface area contributed by atoms with Crippen molar-refractivity contribution in [3.8, 4) is 33.8 Å². The van der Waals surface area contributed by atoms with Crippen molar-refractivity contribution in [3.05, 3.63) is 60.3 Å². The predicted octanol–water partition coefficient (Wildman–Crippen LogP) is 3.51. The Morgan fingerprint density at radius 3 is 2.20 bits per heavy atom. The summed E-state index contributed by atoms with van der Waals surface area (Å²) in [5, 5.41) is 9.18. The number of aromatic nitrogens is 1. The lowest BCUT2D eigenvalue weighted by Gasteiger charge is -2.12. The van der Waals surface area contributed by atoms with Gasteiger partial charge in [-0.3, -0.25) is 0 Å². The molecular formula is C20H20N2O3. The molecule has 0 aliphatic carbocycles. The first kappa shape index (κ1) is 16.8. The third kappa shape index (κ3) is 3.41. The van der Waals surface area contributed by atoms with Crippen molar-refractivity contribution in [2.75, 3.05) is 20.0 Å². The molecule has 25 heavy (non-hydrogen) atoms. The highest BCUT2D eigenvalue weighted by atomic mass is 16.5. The summed E-state index contributed by atoms with van der Waals surface area (Å²) in [5.41, 5.74) is 10.6. The topological polar surface area (TPSA) is 77.6 Å². The Labute approximate surface area is 146 Å². The summed E-state index contributed by atoms with van der Waals surface area (Å²) in [4.78, 5) is 4.33. The van der Waals surface area contributed by atoms with E-state index < -0.39 is 0 Å². The highest BCUT2D eigenvalue weighted by molar-refractivity contribution is 5.79. The van der Waals surface area contributed by atoms with E-state index in [2.05, 4.69) is 4.98 Å². The number of hydrogen-bond donors (Lipinski definition) is 2. The third-order valence-electron chi connectivity index (χ3n) is 4.08. The van der Waals surface area contributed by atoms with Gasteiger partial charge in [-0.2, -0.15) is 0 Å². The largest absolute Gasteiger partial charge is 0.493 e. The molecule has 0 amide bonds. The van der Waals surface area contributed by atoms with E-state index in [9.17, 15) is 5.11 Å². The maximum Gasteiger partial charge on any atom is 0.161 e. The lowest BCUT2D eigenvalue weighted by Crippen LogP contribution is -1.96. The van der Waals surface area contributed by atoms with Crippen LogP contribution in [0.5, 0.6) is 11.5 Å². The molecule has 0 spiro atoms. The van der Waals surface area contributed by atoms with E-state index in [0.29, 0.717) is 17.3 Å². The fourth-order valence-electron chi connectivity index (χ4n) is 2.67. The number of anilines is 1. The van der Waals surface area contributed by atoms with E-state index >= 15 is 0 Å². The van der Waals surface area contributed by atoms with Crippen LogP contribution < -0.4 is 15.2 Å². The van der Waals surface area contributed by atoms with Crippen LogP contribution in [0.25, 0.3) is 22.3 Å². The van der Waals surface area contributed by atoms with Crippen molar-refractivity contribution in [3.63, 3.8) is 0 Å². The van der Waals surface area contributed by atoms with Gasteiger partial charge in [-0.05, 0) is 34.9 Å². The maximum absolute atomic E-state index is 9.18. The number of nitrogens with two attached hydrogens (primary N) is 1. The molecule has 0 fully saturated rings. The van der Waals surface area contributed by atoms with Crippen molar-refractivity contribution < 1.29 is 14.6 Å². The minimum atomic E-state index is 0.0136. The van der Waals surface area contributed by atoms with Crippen molar-refractivity contribution in [2.24, 2.45) is 0 Å². The minimum Gasteiger partial charge on any atom is -0.493 e. The fraction of sp³-hybridized carbons (Fsp3) is 0.150. The highest BCUT2D eigenvalue weighted by Gasteiger charge is 2.10. The van der Waals surface area contributed by atoms with E-state index in [1.54, 1.807) is 20.4 Å². The number of benzene rings is 2. The van der Waals surface area contributed by atoms with E-state index in [4.69, 9.17) is 15.2 Å². The average Bonchev–Trinajstić information content (AvgIpc) is 2.68. The van der Waals surface area contributed by atoms with E-state index in [1.165, 1.54) is 0 Å². The zero-order valence-corrected chi connectivity index (χ0v) is 14.2. The first-order valence-electron chi connectivity index (χ1n) is 7.84. The quantitative estimate of drug-likeness (QED) is 0.745. The number of aliphatic hydroxyl groups is 1. The number of nitrogens with zero attached hydrogens (tertiary/aromatic N) is 1. The molecule has 0 aliphatic rings. The summed E-state index contributed by atoms with van der Waals surface area (Å²) in [6.07, 6.45) is 1.74. The molecule has 5 heteroatoms. The van der Waals surface area contributed by atoms with Gasteiger partial charge in [0, 0.05) is 17.3 Å². The van der Waals surface area contributed by atoms with Crippen LogP contribution >= 0.6 is 0 Å².